The number of benzene rings is 2. The summed E-state index contributed by atoms with van der Waals surface area (Å²) in [5, 5.41) is 5.95. The SMILES string of the molecule is Cc1c(Cl)cccc1NC(=O)/C(=C/c1ccco1)NC(=O)c1ccccc1. The standard InChI is InChI=1S/C21H17ClN2O3/c1-14-17(22)10-5-11-18(14)23-21(26)19(13-16-9-6-12-27-16)24-20(25)15-7-3-2-4-8-15/h2-13H,1H3,(H,23,26)(H,24,25)/b19-13-. The maximum atomic E-state index is 12.8. The van der Waals surface area contributed by atoms with Crippen LogP contribution in [0.25, 0.3) is 6.08 Å². The second-order valence-electron chi connectivity index (χ2n) is 5.76. The van der Waals surface area contributed by atoms with Crippen LogP contribution in [0.1, 0.15) is 21.7 Å². The number of rotatable bonds is 5. The number of carbonyl (C=O) groups excluding carboxylic acids is 2. The van der Waals surface area contributed by atoms with Gasteiger partial charge in [-0.2, -0.15) is 0 Å². The summed E-state index contributed by atoms with van der Waals surface area (Å²) in [6.07, 6.45) is 2.96. The lowest BCUT2D eigenvalue weighted by molar-refractivity contribution is -0.113. The van der Waals surface area contributed by atoms with Crippen molar-refractivity contribution in [1.29, 1.82) is 0 Å². The Morgan fingerprint density at radius 1 is 1.00 bits per heavy atom. The Balaban J connectivity index is 1.87. The molecule has 0 aliphatic carbocycles. The van der Waals surface area contributed by atoms with E-state index in [2.05, 4.69) is 10.6 Å². The third-order valence-electron chi connectivity index (χ3n) is 3.87. The van der Waals surface area contributed by atoms with Crippen LogP contribution < -0.4 is 10.6 Å². The van der Waals surface area contributed by atoms with E-state index in [1.54, 1.807) is 61.5 Å². The normalized spacial score (nSPS) is 11.1. The Labute approximate surface area is 161 Å². The highest BCUT2D eigenvalue weighted by atomic mass is 35.5. The van der Waals surface area contributed by atoms with Crippen LogP contribution in [0.3, 0.4) is 0 Å². The van der Waals surface area contributed by atoms with Crippen LogP contribution >= 0.6 is 11.6 Å². The maximum absolute atomic E-state index is 12.8. The molecule has 0 bridgehead atoms. The lowest BCUT2D eigenvalue weighted by Crippen LogP contribution is -2.30. The highest BCUT2D eigenvalue weighted by Crippen LogP contribution is 2.23. The van der Waals surface area contributed by atoms with E-state index in [-0.39, 0.29) is 5.70 Å². The number of anilines is 1. The van der Waals surface area contributed by atoms with Crippen molar-refractivity contribution in [2.24, 2.45) is 0 Å². The van der Waals surface area contributed by atoms with Crippen molar-refractivity contribution in [3.8, 4) is 0 Å². The van der Waals surface area contributed by atoms with E-state index in [4.69, 9.17) is 16.0 Å². The van der Waals surface area contributed by atoms with Gasteiger partial charge in [0.25, 0.3) is 11.8 Å². The molecule has 1 heterocycles. The van der Waals surface area contributed by atoms with Gasteiger partial charge in [-0.25, -0.2) is 0 Å². The molecule has 2 N–H and O–H groups in total. The van der Waals surface area contributed by atoms with Crippen molar-refractivity contribution in [2.45, 2.75) is 6.92 Å². The van der Waals surface area contributed by atoms with Crippen LogP contribution in [0, 0.1) is 6.92 Å². The molecule has 5 nitrogen and oxygen atoms in total. The summed E-state index contributed by atoms with van der Waals surface area (Å²) in [4.78, 5) is 25.3. The van der Waals surface area contributed by atoms with Gasteiger partial charge in [-0.1, -0.05) is 35.9 Å². The van der Waals surface area contributed by atoms with Crippen LogP contribution in [-0.4, -0.2) is 11.8 Å². The first-order chi connectivity index (χ1) is 13.0. The molecule has 6 heteroatoms. The molecular formula is C21H17ClN2O3. The topological polar surface area (TPSA) is 71.3 Å². The summed E-state index contributed by atoms with van der Waals surface area (Å²) in [6.45, 7) is 1.80. The summed E-state index contributed by atoms with van der Waals surface area (Å²) in [7, 11) is 0. The van der Waals surface area contributed by atoms with E-state index < -0.39 is 11.8 Å². The number of halogens is 1. The first-order valence-electron chi connectivity index (χ1n) is 8.22. The minimum Gasteiger partial charge on any atom is -0.465 e. The van der Waals surface area contributed by atoms with Crippen molar-refractivity contribution in [3.63, 3.8) is 0 Å². The Bertz CT molecular complexity index is 980. The van der Waals surface area contributed by atoms with E-state index in [0.29, 0.717) is 22.0 Å². The fourth-order valence-electron chi connectivity index (χ4n) is 2.39. The number of hydrogen-bond acceptors (Lipinski definition) is 3. The van der Waals surface area contributed by atoms with Gasteiger partial charge in [-0.3, -0.25) is 9.59 Å². The second-order valence-corrected chi connectivity index (χ2v) is 6.17. The zero-order chi connectivity index (χ0) is 19.2. The highest BCUT2D eigenvalue weighted by Gasteiger charge is 2.16. The van der Waals surface area contributed by atoms with Gasteiger partial charge in [-0.15, -0.1) is 0 Å². The lowest BCUT2D eigenvalue weighted by atomic mass is 10.2. The molecule has 0 spiro atoms. The largest absolute Gasteiger partial charge is 0.465 e. The van der Waals surface area contributed by atoms with Gasteiger partial charge in [0.05, 0.1) is 6.26 Å². The number of hydrogen-bond donors (Lipinski definition) is 2. The molecule has 0 aliphatic rings. The Morgan fingerprint density at radius 3 is 2.48 bits per heavy atom. The van der Waals surface area contributed by atoms with Crippen LogP contribution in [0.15, 0.2) is 77.0 Å². The molecule has 0 aliphatic heterocycles. The number of furan rings is 1. The van der Waals surface area contributed by atoms with Crippen LogP contribution in [0.4, 0.5) is 5.69 Å². The van der Waals surface area contributed by atoms with Gasteiger partial charge in [0.2, 0.25) is 0 Å². The smallest absolute Gasteiger partial charge is 0.272 e. The summed E-state index contributed by atoms with van der Waals surface area (Å²) in [5.74, 6) is -0.441. The summed E-state index contributed by atoms with van der Waals surface area (Å²) >= 11 is 6.11. The second kappa shape index (κ2) is 8.38. The lowest BCUT2D eigenvalue weighted by Gasteiger charge is -2.13. The summed E-state index contributed by atoms with van der Waals surface area (Å²) in [6, 6.07) is 17.2. The molecule has 0 saturated carbocycles. The van der Waals surface area contributed by atoms with E-state index in [0.717, 1.165) is 5.56 Å². The third-order valence-corrected chi connectivity index (χ3v) is 4.28. The zero-order valence-corrected chi connectivity index (χ0v) is 15.3. The number of nitrogens with one attached hydrogen (secondary N) is 2. The fourth-order valence-corrected chi connectivity index (χ4v) is 2.57. The third kappa shape index (κ3) is 4.65. The van der Waals surface area contributed by atoms with Gasteiger partial charge in [0.1, 0.15) is 11.5 Å². The molecule has 136 valence electrons. The molecule has 1 aromatic heterocycles. The summed E-state index contributed by atoms with van der Waals surface area (Å²) < 4.78 is 5.27. The molecule has 2 amide bonds. The van der Waals surface area contributed by atoms with Gasteiger partial charge < -0.3 is 15.1 Å². The van der Waals surface area contributed by atoms with Gasteiger partial charge in [-0.05, 0) is 48.9 Å². The Kier molecular flexibility index (Phi) is 5.74. The minimum absolute atomic E-state index is 0.0539. The molecule has 0 atom stereocenters. The molecule has 0 fully saturated rings. The Morgan fingerprint density at radius 2 is 1.78 bits per heavy atom. The van der Waals surface area contributed by atoms with Crippen molar-refractivity contribution in [2.75, 3.05) is 5.32 Å². The average molecular weight is 381 g/mol. The average Bonchev–Trinajstić information content (AvgIpc) is 3.18. The molecule has 0 saturated heterocycles. The monoisotopic (exact) mass is 380 g/mol. The van der Waals surface area contributed by atoms with Gasteiger partial charge >= 0.3 is 0 Å². The molecule has 3 aromatic rings. The van der Waals surface area contributed by atoms with E-state index >= 15 is 0 Å². The van der Waals surface area contributed by atoms with Crippen LogP contribution in [-0.2, 0) is 4.79 Å². The molecule has 27 heavy (non-hydrogen) atoms. The number of amides is 2. The first-order valence-corrected chi connectivity index (χ1v) is 8.60. The van der Waals surface area contributed by atoms with Crippen LogP contribution in [0.2, 0.25) is 5.02 Å². The highest BCUT2D eigenvalue weighted by molar-refractivity contribution is 6.31. The quantitative estimate of drug-likeness (QED) is 0.633. The van der Waals surface area contributed by atoms with Gasteiger partial charge in [0.15, 0.2) is 0 Å². The van der Waals surface area contributed by atoms with Crippen molar-refractivity contribution in [3.05, 3.63) is 94.5 Å². The minimum atomic E-state index is -0.485. The molecule has 2 aromatic carbocycles. The summed E-state index contributed by atoms with van der Waals surface area (Å²) in [5.41, 5.74) is 1.79. The number of carbonyl (C=O) groups is 2. The molecule has 0 unspecified atom stereocenters. The van der Waals surface area contributed by atoms with Crippen molar-refractivity contribution < 1.29 is 14.0 Å². The van der Waals surface area contributed by atoms with E-state index in [1.165, 1.54) is 12.3 Å². The molecule has 3 rings (SSSR count). The van der Waals surface area contributed by atoms with E-state index in [9.17, 15) is 9.59 Å². The first kappa shape index (κ1) is 18.5. The van der Waals surface area contributed by atoms with Crippen molar-refractivity contribution >= 4 is 35.2 Å². The zero-order valence-electron chi connectivity index (χ0n) is 14.5. The van der Waals surface area contributed by atoms with Gasteiger partial charge in [0, 0.05) is 22.3 Å². The fraction of sp³-hybridized carbons (Fsp3) is 0.0476. The van der Waals surface area contributed by atoms with Crippen molar-refractivity contribution in [1.82, 2.24) is 5.32 Å². The van der Waals surface area contributed by atoms with Crippen LogP contribution in [0.5, 0.6) is 0 Å². The Hall–Kier alpha value is -3.31. The molecule has 0 radical (unpaired) electrons. The molecular weight excluding hydrogens is 364 g/mol. The van der Waals surface area contributed by atoms with E-state index in [1.807, 2.05) is 6.07 Å². The predicted octanol–water partition coefficient (Wildman–Crippen LogP) is 4.65. The maximum Gasteiger partial charge on any atom is 0.272 e. The predicted molar refractivity (Wildman–Crippen MR) is 105 cm³/mol.